The lowest BCUT2D eigenvalue weighted by molar-refractivity contribution is -0.0549. The van der Waals surface area contributed by atoms with Crippen LogP contribution in [0.5, 0.6) is 0 Å². The molecule has 3 N–H and O–H groups in total. The largest absolute Gasteiger partial charge is 0.382 e. The number of aromatic nitrogens is 3. The smallest absolute Gasteiger partial charge is 0.153 e. The van der Waals surface area contributed by atoms with Gasteiger partial charge in [0.1, 0.15) is 17.7 Å². The minimum atomic E-state index is -0.331. The number of hydrogen-bond acceptors (Lipinski definition) is 7. The van der Waals surface area contributed by atoms with Crippen molar-refractivity contribution in [1.29, 1.82) is 0 Å². The second-order valence-electron chi connectivity index (χ2n) is 7.41. The second kappa shape index (κ2) is 7.88. The number of ether oxygens (including phenoxy) is 1. The van der Waals surface area contributed by atoms with Crippen LogP contribution in [0.25, 0.3) is 22.3 Å². The number of fused-ring (bicyclic) bond motifs is 1. The van der Waals surface area contributed by atoms with Gasteiger partial charge in [0.25, 0.3) is 0 Å². The summed E-state index contributed by atoms with van der Waals surface area (Å²) >= 11 is 0. The quantitative estimate of drug-likeness (QED) is 0.635. The summed E-state index contributed by atoms with van der Waals surface area (Å²) < 4.78 is 19.9. The third kappa shape index (κ3) is 3.99. The fourth-order valence-corrected chi connectivity index (χ4v) is 3.66. The lowest BCUT2D eigenvalue weighted by Crippen LogP contribution is -2.62. The second-order valence-corrected chi connectivity index (χ2v) is 7.41. The van der Waals surface area contributed by atoms with Crippen molar-refractivity contribution in [2.45, 2.75) is 19.4 Å². The van der Waals surface area contributed by atoms with E-state index in [1.807, 2.05) is 18.2 Å². The summed E-state index contributed by atoms with van der Waals surface area (Å²) in [7, 11) is 0. The summed E-state index contributed by atoms with van der Waals surface area (Å²) in [6.45, 7) is 8.22. The number of benzene rings is 1. The third-order valence-corrected chi connectivity index (χ3v) is 5.29. The molecule has 1 saturated heterocycles. The van der Waals surface area contributed by atoms with Gasteiger partial charge in [-0.1, -0.05) is 13.8 Å². The molecule has 0 unspecified atom stereocenters. The summed E-state index contributed by atoms with van der Waals surface area (Å²) in [6.07, 6.45) is 1.40. The van der Waals surface area contributed by atoms with Gasteiger partial charge in [0, 0.05) is 17.8 Å². The van der Waals surface area contributed by atoms with Crippen LogP contribution in [-0.2, 0) is 4.74 Å². The summed E-state index contributed by atoms with van der Waals surface area (Å²) in [5, 5.41) is 3.51. The Morgan fingerprint density at radius 2 is 1.97 bits per heavy atom. The average molecular weight is 396 g/mol. The Morgan fingerprint density at radius 3 is 2.66 bits per heavy atom. The molecule has 8 heteroatoms. The molecule has 7 nitrogen and oxygen atoms in total. The molecule has 3 heterocycles. The normalized spacial score (nSPS) is 15.4. The Labute approximate surface area is 169 Å². The Hall–Kier alpha value is -2.84. The van der Waals surface area contributed by atoms with E-state index >= 15 is 0 Å². The SMILES string of the molecule is CCN(CC)CC1(Nc2cc(F)cc(-c3ccc4ncnc(N)c4n3)c2)COC1. The molecule has 0 radical (unpaired) electrons. The molecular formula is C21H25FN6O. The highest BCUT2D eigenvalue weighted by Gasteiger charge is 2.39. The summed E-state index contributed by atoms with van der Waals surface area (Å²) in [5.74, 6) is -0.0289. The van der Waals surface area contributed by atoms with Crippen LogP contribution in [0.3, 0.4) is 0 Å². The minimum Gasteiger partial charge on any atom is -0.382 e. The number of nitrogens with zero attached hydrogens (tertiary/aromatic N) is 4. The highest BCUT2D eigenvalue weighted by molar-refractivity contribution is 5.86. The van der Waals surface area contributed by atoms with Crippen molar-refractivity contribution in [3.8, 4) is 11.3 Å². The van der Waals surface area contributed by atoms with Crippen LogP contribution in [0.1, 0.15) is 13.8 Å². The Balaban J connectivity index is 1.65. The van der Waals surface area contributed by atoms with E-state index in [4.69, 9.17) is 10.5 Å². The van der Waals surface area contributed by atoms with Gasteiger partial charge in [-0.3, -0.25) is 0 Å². The fraction of sp³-hybridized carbons (Fsp3) is 0.381. The summed E-state index contributed by atoms with van der Waals surface area (Å²) in [4.78, 5) is 15.0. The molecule has 0 atom stereocenters. The fourth-order valence-electron chi connectivity index (χ4n) is 3.66. The molecular weight excluding hydrogens is 371 g/mol. The van der Waals surface area contributed by atoms with Crippen molar-refractivity contribution in [3.63, 3.8) is 0 Å². The van der Waals surface area contributed by atoms with Crippen LogP contribution < -0.4 is 11.1 Å². The van der Waals surface area contributed by atoms with Crippen LogP contribution in [-0.4, -0.2) is 58.2 Å². The molecule has 0 spiro atoms. The standard InChI is InChI=1S/C21H25FN6O/c1-3-28(4-2)10-21(11-29-12-21)27-16-8-14(7-15(22)9-16)17-5-6-18-19(26-17)20(23)25-13-24-18/h5-9,13,27H,3-4,10-12H2,1-2H3,(H2,23,24,25). The predicted octanol–water partition coefficient (Wildman–Crippen LogP) is 2.94. The first-order valence-electron chi connectivity index (χ1n) is 9.78. The molecule has 1 fully saturated rings. The van der Waals surface area contributed by atoms with Gasteiger partial charge in [-0.15, -0.1) is 0 Å². The Morgan fingerprint density at radius 1 is 1.17 bits per heavy atom. The maximum Gasteiger partial charge on any atom is 0.153 e. The van der Waals surface area contributed by atoms with Crippen LogP contribution in [0, 0.1) is 5.82 Å². The number of rotatable bonds is 7. The molecule has 4 rings (SSSR count). The highest BCUT2D eigenvalue weighted by Crippen LogP contribution is 2.29. The van der Waals surface area contributed by atoms with E-state index < -0.39 is 0 Å². The lowest BCUT2D eigenvalue weighted by Gasteiger charge is -2.45. The maximum atomic E-state index is 14.4. The Kier molecular flexibility index (Phi) is 5.29. The lowest BCUT2D eigenvalue weighted by atomic mass is 9.95. The van der Waals surface area contributed by atoms with E-state index in [0.717, 1.165) is 19.6 Å². The summed E-state index contributed by atoms with van der Waals surface area (Å²) in [5.41, 5.74) is 8.85. The maximum absolute atomic E-state index is 14.4. The van der Waals surface area contributed by atoms with Crippen LogP contribution in [0.4, 0.5) is 15.9 Å². The van der Waals surface area contributed by atoms with Crippen molar-refractivity contribution in [2.75, 3.05) is 43.9 Å². The molecule has 1 aromatic carbocycles. The molecule has 2 aromatic heterocycles. The van der Waals surface area contributed by atoms with Crippen molar-refractivity contribution in [2.24, 2.45) is 0 Å². The van der Waals surface area contributed by atoms with Gasteiger partial charge in [-0.25, -0.2) is 19.3 Å². The summed E-state index contributed by atoms with van der Waals surface area (Å²) in [6, 6.07) is 8.50. The van der Waals surface area contributed by atoms with Gasteiger partial charge >= 0.3 is 0 Å². The van der Waals surface area contributed by atoms with Gasteiger partial charge in [0.05, 0.1) is 30.0 Å². The van der Waals surface area contributed by atoms with Crippen LogP contribution in [0.15, 0.2) is 36.7 Å². The van der Waals surface area contributed by atoms with E-state index in [9.17, 15) is 4.39 Å². The number of nitrogen functional groups attached to an aromatic ring is 1. The molecule has 0 saturated carbocycles. The number of pyridine rings is 1. The molecule has 0 aliphatic carbocycles. The molecule has 1 aliphatic rings. The molecule has 0 amide bonds. The van der Waals surface area contributed by atoms with Crippen LogP contribution in [0.2, 0.25) is 0 Å². The van der Waals surface area contributed by atoms with Gasteiger partial charge in [-0.2, -0.15) is 0 Å². The number of likely N-dealkylation sites (N-methyl/N-ethyl adjacent to an activating group) is 1. The van der Waals surface area contributed by atoms with Crippen molar-refractivity contribution >= 4 is 22.5 Å². The number of halogens is 1. The molecule has 1 aliphatic heterocycles. The predicted molar refractivity (Wildman–Crippen MR) is 112 cm³/mol. The topological polar surface area (TPSA) is 89.2 Å². The van der Waals surface area contributed by atoms with Crippen molar-refractivity contribution in [1.82, 2.24) is 19.9 Å². The first-order chi connectivity index (χ1) is 14.0. The highest BCUT2D eigenvalue weighted by atomic mass is 19.1. The molecule has 0 bridgehead atoms. The monoisotopic (exact) mass is 396 g/mol. The third-order valence-electron chi connectivity index (χ3n) is 5.29. The van der Waals surface area contributed by atoms with Crippen molar-refractivity contribution in [3.05, 3.63) is 42.5 Å². The van der Waals surface area contributed by atoms with E-state index in [2.05, 4.69) is 39.0 Å². The van der Waals surface area contributed by atoms with Gasteiger partial charge < -0.3 is 20.7 Å². The Bertz CT molecular complexity index is 1020. The van der Waals surface area contributed by atoms with Gasteiger partial charge in [0.15, 0.2) is 5.82 Å². The zero-order valence-electron chi connectivity index (χ0n) is 16.7. The van der Waals surface area contributed by atoms with Crippen LogP contribution >= 0.6 is 0 Å². The zero-order chi connectivity index (χ0) is 20.4. The number of nitrogens with one attached hydrogen (secondary N) is 1. The van der Waals surface area contributed by atoms with E-state index in [1.165, 1.54) is 18.5 Å². The van der Waals surface area contributed by atoms with E-state index in [-0.39, 0.29) is 11.4 Å². The minimum absolute atomic E-state index is 0.216. The average Bonchev–Trinajstić information content (AvgIpc) is 2.69. The number of nitrogens with two attached hydrogens (primary N) is 1. The van der Waals surface area contributed by atoms with Crippen molar-refractivity contribution < 1.29 is 9.13 Å². The molecule has 3 aromatic rings. The molecule has 29 heavy (non-hydrogen) atoms. The van der Waals surface area contributed by atoms with Gasteiger partial charge in [0.2, 0.25) is 0 Å². The van der Waals surface area contributed by atoms with Gasteiger partial charge in [-0.05, 0) is 43.4 Å². The van der Waals surface area contributed by atoms with E-state index in [0.29, 0.717) is 47.0 Å². The first kappa shape index (κ1) is 19.5. The van der Waals surface area contributed by atoms with E-state index in [1.54, 1.807) is 0 Å². The first-order valence-corrected chi connectivity index (χ1v) is 9.78. The zero-order valence-corrected chi connectivity index (χ0v) is 16.7. The molecule has 152 valence electrons. The number of anilines is 2. The number of hydrogen-bond donors (Lipinski definition) is 2.